The summed E-state index contributed by atoms with van der Waals surface area (Å²) in [7, 11) is 0. The van der Waals surface area contributed by atoms with Gasteiger partial charge in [-0.05, 0) is 6.42 Å². The third-order valence-corrected chi connectivity index (χ3v) is 6.88. The Bertz CT molecular complexity index is 556. The van der Waals surface area contributed by atoms with E-state index in [-0.39, 0.29) is 20.9 Å². The zero-order valence-corrected chi connectivity index (χ0v) is 19.6. The predicted molar refractivity (Wildman–Crippen MR) is 123 cm³/mol. The summed E-state index contributed by atoms with van der Waals surface area (Å²) in [6.07, 6.45) is 18.1. The van der Waals surface area contributed by atoms with Gasteiger partial charge in [0.15, 0.2) is 0 Å². The molecule has 0 unspecified atom stereocenters. The van der Waals surface area contributed by atoms with Crippen LogP contribution in [0.5, 0.6) is 0 Å². The molecule has 0 amide bonds. The van der Waals surface area contributed by atoms with Crippen LogP contribution in [0.2, 0.25) is 0 Å². The van der Waals surface area contributed by atoms with E-state index in [1.54, 1.807) is 0 Å². The van der Waals surface area contributed by atoms with E-state index < -0.39 is 0 Å². The molecule has 0 saturated heterocycles. The second-order valence-corrected chi connectivity index (χ2v) is 9.88. The first-order valence-electron chi connectivity index (χ1n) is 11.3. The number of rotatable bonds is 19. The molecule has 1 rings (SSSR count). The molecule has 29 heavy (non-hydrogen) atoms. The molecule has 3 nitrogen and oxygen atoms in total. The molecule has 0 aliphatic rings. The van der Waals surface area contributed by atoms with Crippen LogP contribution in [0.25, 0.3) is 0 Å². The molecule has 1 aromatic carbocycles. The molecule has 0 bridgehead atoms. The molecule has 0 N–H and O–H groups in total. The molecule has 0 aliphatic carbocycles. The Morgan fingerprint density at radius 3 is 1.76 bits per heavy atom. The van der Waals surface area contributed by atoms with E-state index in [1.165, 1.54) is 74.7 Å². The number of hydrogen-bond donors (Lipinski definition) is 0. The number of esters is 1. The first-order valence-corrected chi connectivity index (χ1v) is 13.0. The fourth-order valence-electron chi connectivity index (χ4n) is 3.22. The summed E-state index contributed by atoms with van der Waals surface area (Å²) < 4.78 is 6.59. The standard InChI is InChI=1S/C25H38O3Se/c1-2-24(26)28-22-18-13-11-9-7-5-3-4-6-8-10-12-17-21-25(27)29-23-19-15-14-16-20-23/h2,14-16,19-20H,1,3-13,17-18,21-22H2. The summed E-state index contributed by atoms with van der Waals surface area (Å²) >= 11 is -0.000407. The molecule has 0 radical (unpaired) electrons. The van der Waals surface area contributed by atoms with E-state index in [2.05, 4.69) is 18.7 Å². The van der Waals surface area contributed by atoms with Crippen LogP contribution < -0.4 is 4.46 Å². The fraction of sp³-hybridized carbons (Fsp3) is 0.600. The summed E-state index contributed by atoms with van der Waals surface area (Å²) in [5, 5.41) is 0. The van der Waals surface area contributed by atoms with E-state index in [1.807, 2.05) is 18.2 Å². The SMILES string of the molecule is C=CC(=O)OCCCCCCCCCCCCCCCC(=O)[Se]c1ccccc1. The van der Waals surface area contributed by atoms with Crippen molar-refractivity contribution in [2.75, 3.05) is 6.61 Å². The fourth-order valence-corrected chi connectivity index (χ4v) is 4.90. The van der Waals surface area contributed by atoms with Crippen LogP contribution >= 0.6 is 0 Å². The number of carbonyl (C=O) groups is 2. The van der Waals surface area contributed by atoms with Crippen molar-refractivity contribution in [3.63, 3.8) is 0 Å². The number of carbonyl (C=O) groups excluding carboxylic acids is 2. The van der Waals surface area contributed by atoms with Crippen LogP contribution in [0.15, 0.2) is 43.0 Å². The molecule has 0 atom stereocenters. The van der Waals surface area contributed by atoms with Crippen molar-refractivity contribution < 1.29 is 14.3 Å². The molecule has 1 aromatic rings. The number of benzene rings is 1. The van der Waals surface area contributed by atoms with Crippen molar-refractivity contribution in [1.82, 2.24) is 0 Å². The van der Waals surface area contributed by atoms with Gasteiger partial charge in [0.2, 0.25) is 0 Å². The van der Waals surface area contributed by atoms with E-state index in [4.69, 9.17) is 4.74 Å². The third-order valence-electron chi connectivity index (χ3n) is 4.91. The molecule has 0 aliphatic heterocycles. The Morgan fingerprint density at radius 2 is 1.24 bits per heavy atom. The Kier molecular flexibility index (Phi) is 16.5. The van der Waals surface area contributed by atoms with Crippen molar-refractivity contribution in [1.29, 1.82) is 0 Å². The average molecular weight is 466 g/mol. The summed E-state index contributed by atoms with van der Waals surface area (Å²) in [6.45, 7) is 3.90. The molecule has 0 aromatic heterocycles. The summed E-state index contributed by atoms with van der Waals surface area (Å²) in [6, 6.07) is 10.1. The van der Waals surface area contributed by atoms with Crippen molar-refractivity contribution in [2.45, 2.75) is 89.9 Å². The molecule has 0 spiro atoms. The van der Waals surface area contributed by atoms with Gasteiger partial charge < -0.3 is 4.74 Å². The normalized spacial score (nSPS) is 10.6. The van der Waals surface area contributed by atoms with Crippen molar-refractivity contribution >= 4 is 30.1 Å². The van der Waals surface area contributed by atoms with Gasteiger partial charge in [-0.3, -0.25) is 0 Å². The van der Waals surface area contributed by atoms with Crippen LogP contribution in [-0.4, -0.2) is 32.2 Å². The zero-order valence-electron chi connectivity index (χ0n) is 17.9. The Balaban J connectivity index is 1.76. The second-order valence-electron chi connectivity index (χ2n) is 7.50. The van der Waals surface area contributed by atoms with Gasteiger partial charge in [-0.2, -0.15) is 0 Å². The maximum atomic E-state index is 12.0. The monoisotopic (exact) mass is 466 g/mol. The average Bonchev–Trinajstić information content (AvgIpc) is 2.73. The van der Waals surface area contributed by atoms with Crippen molar-refractivity contribution in [3.05, 3.63) is 43.0 Å². The van der Waals surface area contributed by atoms with E-state index in [9.17, 15) is 9.59 Å². The van der Waals surface area contributed by atoms with Gasteiger partial charge in [-0.15, -0.1) is 0 Å². The molecule has 162 valence electrons. The molecular formula is C25H38O3Se. The van der Waals surface area contributed by atoms with Crippen molar-refractivity contribution in [2.24, 2.45) is 0 Å². The Labute approximate surface area is 183 Å². The van der Waals surface area contributed by atoms with Gasteiger partial charge in [-0.1, -0.05) is 19.4 Å². The predicted octanol–water partition coefficient (Wildman–Crippen LogP) is 5.73. The molecular weight excluding hydrogens is 427 g/mol. The molecule has 0 fully saturated rings. The van der Waals surface area contributed by atoms with Crippen LogP contribution in [0.3, 0.4) is 0 Å². The maximum absolute atomic E-state index is 12.0. The third kappa shape index (κ3) is 16.1. The summed E-state index contributed by atoms with van der Waals surface area (Å²) in [5.41, 5.74) is 0. The number of hydrogen-bond acceptors (Lipinski definition) is 3. The summed E-state index contributed by atoms with van der Waals surface area (Å²) in [4.78, 5) is 22.9. The zero-order chi connectivity index (χ0) is 21.0. The van der Waals surface area contributed by atoms with Gasteiger partial charge >= 0.3 is 136 Å². The minimum atomic E-state index is -0.317. The van der Waals surface area contributed by atoms with Gasteiger partial charge in [-0.25, -0.2) is 4.79 Å². The van der Waals surface area contributed by atoms with E-state index in [0.717, 1.165) is 25.7 Å². The van der Waals surface area contributed by atoms with Crippen LogP contribution in [0.4, 0.5) is 0 Å². The second kappa shape index (κ2) is 18.6. The Morgan fingerprint density at radius 1 is 0.759 bits per heavy atom. The Hall–Kier alpha value is -1.38. The van der Waals surface area contributed by atoms with Gasteiger partial charge in [0.25, 0.3) is 0 Å². The summed E-state index contributed by atoms with van der Waals surface area (Å²) in [5.74, 6) is -0.317. The topological polar surface area (TPSA) is 43.4 Å². The van der Waals surface area contributed by atoms with E-state index >= 15 is 0 Å². The van der Waals surface area contributed by atoms with Crippen LogP contribution in [0, 0.1) is 0 Å². The van der Waals surface area contributed by atoms with Crippen molar-refractivity contribution in [3.8, 4) is 0 Å². The first kappa shape index (κ1) is 25.7. The van der Waals surface area contributed by atoms with Gasteiger partial charge in [0.05, 0.1) is 6.61 Å². The number of unbranched alkanes of at least 4 members (excludes halogenated alkanes) is 12. The van der Waals surface area contributed by atoms with E-state index in [0.29, 0.717) is 11.3 Å². The molecule has 0 heterocycles. The first-order chi connectivity index (χ1) is 14.2. The van der Waals surface area contributed by atoms with Crippen LogP contribution in [0.1, 0.15) is 89.9 Å². The van der Waals surface area contributed by atoms with Crippen LogP contribution in [-0.2, 0) is 14.3 Å². The minimum absolute atomic E-state index is 0.000407. The molecule has 4 heteroatoms. The quantitative estimate of drug-likeness (QED) is 0.113. The van der Waals surface area contributed by atoms with Gasteiger partial charge in [0, 0.05) is 6.08 Å². The number of ether oxygens (including phenoxy) is 1. The molecule has 0 saturated carbocycles. The van der Waals surface area contributed by atoms with Gasteiger partial charge in [0.1, 0.15) is 0 Å².